The quantitative estimate of drug-likeness (QED) is 0.832. The number of rotatable bonds is 4. The summed E-state index contributed by atoms with van der Waals surface area (Å²) in [5.74, 6) is 2.34. The molecule has 0 aromatic rings. The van der Waals surface area contributed by atoms with Gasteiger partial charge in [0.1, 0.15) is 0 Å². The minimum absolute atomic E-state index is 0.257. The molecule has 1 heterocycles. The summed E-state index contributed by atoms with van der Waals surface area (Å²) in [6.45, 7) is 1.22. The fraction of sp³-hybridized carbons (Fsp3) is 0.933. The maximum atomic E-state index is 12.7. The number of amides is 1. The fourth-order valence-electron chi connectivity index (χ4n) is 4.51. The highest BCUT2D eigenvalue weighted by molar-refractivity contribution is 5.80. The smallest absolute Gasteiger partial charge is 0.226 e. The molecule has 18 heavy (non-hydrogen) atoms. The predicted octanol–water partition coefficient (Wildman–Crippen LogP) is 2.19. The van der Waals surface area contributed by atoms with Crippen LogP contribution in [-0.2, 0) is 4.79 Å². The van der Waals surface area contributed by atoms with Crippen molar-refractivity contribution < 1.29 is 9.90 Å². The predicted molar refractivity (Wildman–Crippen MR) is 70.0 cm³/mol. The van der Waals surface area contributed by atoms with Crippen LogP contribution < -0.4 is 0 Å². The summed E-state index contributed by atoms with van der Waals surface area (Å²) in [7, 11) is 0. The van der Waals surface area contributed by atoms with Crippen LogP contribution in [0.25, 0.3) is 0 Å². The van der Waals surface area contributed by atoms with Gasteiger partial charge in [-0.3, -0.25) is 4.79 Å². The molecule has 2 saturated carbocycles. The van der Waals surface area contributed by atoms with E-state index in [9.17, 15) is 4.79 Å². The van der Waals surface area contributed by atoms with Crippen LogP contribution in [0.5, 0.6) is 0 Å². The van der Waals surface area contributed by atoms with Crippen LogP contribution in [0, 0.1) is 17.8 Å². The average molecular weight is 251 g/mol. The van der Waals surface area contributed by atoms with Gasteiger partial charge in [0.05, 0.1) is 0 Å². The molecule has 3 rings (SSSR count). The topological polar surface area (TPSA) is 40.5 Å². The molecule has 0 radical (unpaired) electrons. The molecule has 102 valence electrons. The number of hydrogen-bond donors (Lipinski definition) is 1. The molecule has 1 amide bonds. The SMILES string of the molecule is O=C(C1CC2CCC1C2)N1CCCC1CCCO. The molecule has 1 saturated heterocycles. The first-order valence-corrected chi connectivity index (χ1v) is 7.71. The van der Waals surface area contributed by atoms with Crippen LogP contribution in [0.3, 0.4) is 0 Å². The summed E-state index contributed by atoms with van der Waals surface area (Å²) in [6.07, 6.45) is 9.25. The van der Waals surface area contributed by atoms with Crippen molar-refractivity contribution in [2.45, 2.75) is 57.4 Å². The van der Waals surface area contributed by atoms with E-state index in [4.69, 9.17) is 5.11 Å². The lowest BCUT2D eigenvalue weighted by molar-refractivity contribution is -0.138. The van der Waals surface area contributed by atoms with E-state index in [1.54, 1.807) is 0 Å². The van der Waals surface area contributed by atoms with Gasteiger partial charge in [-0.1, -0.05) is 6.42 Å². The molecule has 3 fully saturated rings. The molecule has 4 atom stereocenters. The van der Waals surface area contributed by atoms with Crippen molar-refractivity contribution in [2.75, 3.05) is 13.2 Å². The zero-order chi connectivity index (χ0) is 12.5. The van der Waals surface area contributed by atoms with Crippen molar-refractivity contribution in [3.05, 3.63) is 0 Å². The minimum Gasteiger partial charge on any atom is -0.396 e. The van der Waals surface area contributed by atoms with E-state index in [2.05, 4.69) is 4.90 Å². The Morgan fingerprint density at radius 2 is 2.11 bits per heavy atom. The van der Waals surface area contributed by atoms with E-state index < -0.39 is 0 Å². The molecule has 1 aliphatic heterocycles. The Balaban J connectivity index is 1.61. The minimum atomic E-state index is 0.257. The van der Waals surface area contributed by atoms with E-state index in [1.807, 2.05) is 0 Å². The molecular formula is C15H25NO2. The third kappa shape index (κ3) is 2.18. The third-order valence-corrected chi connectivity index (χ3v) is 5.41. The Bertz CT molecular complexity index is 318. The number of aliphatic hydroxyl groups is 1. The molecule has 3 heteroatoms. The van der Waals surface area contributed by atoms with E-state index in [0.29, 0.717) is 23.8 Å². The largest absolute Gasteiger partial charge is 0.396 e. The van der Waals surface area contributed by atoms with E-state index in [1.165, 1.54) is 19.3 Å². The Hall–Kier alpha value is -0.570. The summed E-state index contributed by atoms with van der Waals surface area (Å²) >= 11 is 0. The molecule has 3 aliphatic rings. The fourth-order valence-corrected chi connectivity index (χ4v) is 4.51. The van der Waals surface area contributed by atoms with Crippen molar-refractivity contribution >= 4 is 5.91 Å². The lowest BCUT2D eigenvalue weighted by Gasteiger charge is -2.30. The summed E-state index contributed by atoms with van der Waals surface area (Å²) < 4.78 is 0. The molecule has 0 aromatic carbocycles. The van der Waals surface area contributed by atoms with Crippen molar-refractivity contribution in [1.29, 1.82) is 0 Å². The Kier molecular flexibility index (Phi) is 3.60. The van der Waals surface area contributed by atoms with Crippen LogP contribution in [0.15, 0.2) is 0 Å². The highest BCUT2D eigenvalue weighted by Gasteiger charge is 2.45. The van der Waals surface area contributed by atoms with Crippen molar-refractivity contribution in [1.82, 2.24) is 4.90 Å². The van der Waals surface area contributed by atoms with Gasteiger partial charge in [0, 0.05) is 25.1 Å². The Morgan fingerprint density at radius 1 is 1.22 bits per heavy atom. The van der Waals surface area contributed by atoms with Crippen LogP contribution in [0.4, 0.5) is 0 Å². The molecule has 3 nitrogen and oxygen atoms in total. The summed E-state index contributed by atoms with van der Waals surface area (Å²) in [6, 6.07) is 0.420. The van der Waals surface area contributed by atoms with Crippen LogP contribution in [0.2, 0.25) is 0 Å². The maximum Gasteiger partial charge on any atom is 0.226 e. The zero-order valence-electron chi connectivity index (χ0n) is 11.2. The van der Waals surface area contributed by atoms with Gasteiger partial charge in [0.25, 0.3) is 0 Å². The van der Waals surface area contributed by atoms with Gasteiger partial charge in [-0.15, -0.1) is 0 Å². The number of fused-ring (bicyclic) bond motifs is 2. The second kappa shape index (κ2) is 5.20. The standard InChI is InChI=1S/C15H25NO2/c17-8-2-4-13-3-1-7-16(13)15(18)14-10-11-5-6-12(14)9-11/h11-14,17H,1-10H2. The second-order valence-electron chi connectivity index (χ2n) is 6.47. The van der Waals surface area contributed by atoms with Gasteiger partial charge >= 0.3 is 0 Å². The van der Waals surface area contributed by atoms with E-state index in [0.717, 1.165) is 44.6 Å². The van der Waals surface area contributed by atoms with Crippen molar-refractivity contribution in [2.24, 2.45) is 17.8 Å². The van der Waals surface area contributed by atoms with Gasteiger partial charge in [0.2, 0.25) is 5.91 Å². The zero-order valence-corrected chi connectivity index (χ0v) is 11.2. The molecule has 0 spiro atoms. The molecule has 2 aliphatic carbocycles. The number of aliphatic hydroxyl groups excluding tert-OH is 1. The molecule has 2 bridgehead atoms. The van der Waals surface area contributed by atoms with Gasteiger partial charge in [-0.25, -0.2) is 0 Å². The Morgan fingerprint density at radius 3 is 2.78 bits per heavy atom. The second-order valence-corrected chi connectivity index (χ2v) is 6.47. The van der Waals surface area contributed by atoms with Gasteiger partial charge in [0.15, 0.2) is 0 Å². The van der Waals surface area contributed by atoms with Crippen LogP contribution in [0.1, 0.15) is 51.4 Å². The van der Waals surface area contributed by atoms with Gasteiger partial charge < -0.3 is 10.0 Å². The molecule has 1 N–H and O–H groups in total. The number of nitrogens with zero attached hydrogens (tertiary/aromatic N) is 1. The molecule has 4 unspecified atom stereocenters. The normalized spacial score (nSPS) is 38.6. The Labute approximate surface area is 110 Å². The maximum absolute atomic E-state index is 12.7. The summed E-state index contributed by atoms with van der Waals surface area (Å²) in [5, 5.41) is 8.95. The number of hydrogen-bond acceptors (Lipinski definition) is 2. The first-order valence-electron chi connectivity index (χ1n) is 7.71. The number of carbonyl (C=O) groups excluding carboxylic acids is 1. The van der Waals surface area contributed by atoms with Crippen molar-refractivity contribution in [3.8, 4) is 0 Å². The van der Waals surface area contributed by atoms with Crippen LogP contribution >= 0.6 is 0 Å². The molecule has 0 aromatic heterocycles. The van der Waals surface area contributed by atoms with Gasteiger partial charge in [-0.2, -0.15) is 0 Å². The lowest BCUT2D eigenvalue weighted by Crippen LogP contribution is -2.41. The summed E-state index contributed by atoms with van der Waals surface area (Å²) in [4.78, 5) is 14.8. The highest BCUT2D eigenvalue weighted by Crippen LogP contribution is 2.49. The highest BCUT2D eigenvalue weighted by atomic mass is 16.3. The molecular weight excluding hydrogens is 226 g/mol. The average Bonchev–Trinajstić information content (AvgIpc) is 3.10. The number of likely N-dealkylation sites (tertiary alicyclic amines) is 1. The van der Waals surface area contributed by atoms with E-state index in [-0.39, 0.29) is 6.61 Å². The van der Waals surface area contributed by atoms with Crippen LogP contribution in [-0.4, -0.2) is 35.1 Å². The monoisotopic (exact) mass is 251 g/mol. The van der Waals surface area contributed by atoms with Crippen molar-refractivity contribution in [3.63, 3.8) is 0 Å². The first kappa shape index (κ1) is 12.5. The summed E-state index contributed by atoms with van der Waals surface area (Å²) in [5.41, 5.74) is 0. The van der Waals surface area contributed by atoms with E-state index >= 15 is 0 Å². The lowest BCUT2D eigenvalue weighted by atomic mass is 9.87. The van der Waals surface area contributed by atoms with Gasteiger partial charge in [-0.05, 0) is 56.8 Å². The first-order chi connectivity index (χ1) is 8.79. The third-order valence-electron chi connectivity index (χ3n) is 5.41. The number of carbonyl (C=O) groups is 1.